The molecule has 1 aliphatic heterocycles. The van der Waals surface area contributed by atoms with Crippen molar-refractivity contribution in [3.8, 4) is 11.5 Å². The van der Waals surface area contributed by atoms with Crippen LogP contribution >= 0.6 is 0 Å². The lowest BCUT2D eigenvalue weighted by Crippen LogP contribution is -2.39. The molecule has 3 heteroatoms. The molecule has 3 atom stereocenters. The van der Waals surface area contributed by atoms with Gasteiger partial charge in [-0.3, -0.25) is 4.90 Å². The van der Waals surface area contributed by atoms with E-state index in [0.29, 0.717) is 11.8 Å². The summed E-state index contributed by atoms with van der Waals surface area (Å²) in [7, 11) is 0. The van der Waals surface area contributed by atoms with Gasteiger partial charge in [0.2, 0.25) is 0 Å². The normalized spacial score (nSPS) is 27.2. The second-order valence-corrected chi connectivity index (χ2v) is 6.48. The summed E-state index contributed by atoms with van der Waals surface area (Å²) in [6, 6.07) is 18.2. The summed E-state index contributed by atoms with van der Waals surface area (Å²) in [5.41, 5.74) is 1.27. The molecule has 22 heavy (non-hydrogen) atoms. The number of fused-ring (bicyclic) bond motifs is 1. The van der Waals surface area contributed by atoms with Crippen molar-refractivity contribution < 1.29 is 9.84 Å². The first-order valence-electron chi connectivity index (χ1n) is 8.00. The third-order valence-corrected chi connectivity index (χ3v) is 4.89. The van der Waals surface area contributed by atoms with Gasteiger partial charge in [0.05, 0.1) is 6.10 Å². The maximum Gasteiger partial charge on any atom is 0.127 e. The predicted octanol–water partition coefficient (Wildman–Crippen LogP) is 3.29. The van der Waals surface area contributed by atoms with Gasteiger partial charge < -0.3 is 9.84 Å². The van der Waals surface area contributed by atoms with Gasteiger partial charge in [-0.15, -0.1) is 0 Å². The number of benzene rings is 2. The number of aliphatic hydroxyl groups is 1. The summed E-state index contributed by atoms with van der Waals surface area (Å²) >= 11 is 0. The summed E-state index contributed by atoms with van der Waals surface area (Å²) < 4.78 is 5.90. The fourth-order valence-corrected chi connectivity index (χ4v) is 3.68. The summed E-state index contributed by atoms with van der Waals surface area (Å²) in [5, 5.41) is 9.76. The molecule has 1 heterocycles. The predicted molar refractivity (Wildman–Crippen MR) is 85.8 cm³/mol. The van der Waals surface area contributed by atoms with E-state index in [2.05, 4.69) is 17.0 Å². The number of aliphatic hydroxyl groups excluding tert-OH is 1. The van der Waals surface area contributed by atoms with Crippen LogP contribution in [0.1, 0.15) is 12.0 Å². The summed E-state index contributed by atoms with van der Waals surface area (Å²) in [6.45, 7) is 3.08. The molecular formula is C19H21NO2. The molecule has 2 aromatic rings. The Kier molecular flexibility index (Phi) is 3.60. The van der Waals surface area contributed by atoms with Crippen molar-refractivity contribution in [3.63, 3.8) is 0 Å². The molecule has 4 rings (SSSR count). The first-order chi connectivity index (χ1) is 10.8. The molecule has 0 unspecified atom stereocenters. The Labute approximate surface area is 131 Å². The van der Waals surface area contributed by atoms with E-state index in [4.69, 9.17) is 4.74 Å². The number of nitrogens with zero attached hydrogens (tertiary/aromatic N) is 1. The van der Waals surface area contributed by atoms with Crippen LogP contribution < -0.4 is 4.74 Å². The van der Waals surface area contributed by atoms with E-state index in [1.165, 1.54) is 5.56 Å². The number of likely N-dealkylation sites (tertiary alicyclic amines) is 1. The molecule has 1 N–H and O–H groups in total. The van der Waals surface area contributed by atoms with Crippen molar-refractivity contribution in [2.24, 2.45) is 11.8 Å². The van der Waals surface area contributed by atoms with Crippen molar-refractivity contribution >= 4 is 0 Å². The fraction of sp³-hybridized carbons (Fsp3) is 0.368. The number of rotatable bonds is 4. The standard InChI is InChI=1S/C19H21NO2/c21-19-10-15-12-20(13-18(15)19)11-14-5-4-8-17(9-14)22-16-6-2-1-3-7-16/h1-9,15,18-19,21H,10-13H2/t15-,18+,19+/m1/s1. The van der Waals surface area contributed by atoms with Gasteiger partial charge in [0, 0.05) is 25.6 Å². The molecule has 2 fully saturated rings. The van der Waals surface area contributed by atoms with Crippen molar-refractivity contribution in [2.45, 2.75) is 19.1 Å². The lowest BCUT2D eigenvalue weighted by atomic mass is 9.74. The zero-order chi connectivity index (χ0) is 14.9. The molecule has 0 bridgehead atoms. The van der Waals surface area contributed by atoms with Gasteiger partial charge in [-0.25, -0.2) is 0 Å². The largest absolute Gasteiger partial charge is 0.457 e. The van der Waals surface area contributed by atoms with E-state index in [9.17, 15) is 5.11 Å². The van der Waals surface area contributed by atoms with Gasteiger partial charge in [-0.2, -0.15) is 0 Å². The first kappa shape index (κ1) is 13.8. The van der Waals surface area contributed by atoms with Crippen molar-refractivity contribution in [1.82, 2.24) is 4.90 Å². The average Bonchev–Trinajstić information content (AvgIpc) is 2.85. The van der Waals surface area contributed by atoms with Crippen LogP contribution in [-0.4, -0.2) is 29.2 Å². The molecule has 114 valence electrons. The lowest BCUT2D eigenvalue weighted by molar-refractivity contribution is -0.00435. The van der Waals surface area contributed by atoms with E-state index in [-0.39, 0.29) is 6.10 Å². The van der Waals surface area contributed by atoms with Gasteiger partial charge in [-0.05, 0) is 42.2 Å². The van der Waals surface area contributed by atoms with E-state index >= 15 is 0 Å². The van der Waals surface area contributed by atoms with E-state index in [0.717, 1.165) is 37.6 Å². The van der Waals surface area contributed by atoms with Crippen LogP contribution in [0.25, 0.3) is 0 Å². The summed E-state index contributed by atoms with van der Waals surface area (Å²) in [5.74, 6) is 2.95. The second-order valence-electron chi connectivity index (χ2n) is 6.48. The Morgan fingerprint density at radius 2 is 1.82 bits per heavy atom. The minimum Gasteiger partial charge on any atom is -0.457 e. The molecular weight excluding hydrogens is 274 g/mol. The highest BCUT2D eigenvalue weighted by Gasteiger charge is 2.45. The minimum atomic E-state index is -0.0669. The van der Waals surface area contributed by atoms with Crippen LogP contribution in [0.5, 0.6) is 11.5 Å². The summed E-state index contributed by atoms with van der Waals surface area (Å²) in [6.07, 6.45) is 0.918. The van der Waals surface area contributed by atoms with Gasteiger partial charge in [0.1, 0.15) is 11.5 Å². The van der Waals surface area contributed by atoms with Crippen molar-refractivity contribution in [3.05, 3.63) is 60.2 Å². The maximum atomic E-state index is 9.76. The lowest BCUT2D eigenvalue weighted by Gasteiger charge is -2.35. The fourth-order valence-electron chi connectivity index (χ4n) is 3.68. The van der Waals surface area contributed by atoms with Gasteiger partial charge >= 0.3 is 0 Å². The molecule has 0 radical (unpaired) electrons. The highest BCUT2D eigenvalue weighted by molar-refractivity contribution is 5.33. The Morgan fingerprint density at radius 1 is 1.00 bits per heavy atom. The van der Waals surface area contributed by atoms with E-state index < -0.39 is 0 Å². The molecule has 2 aromatic carbocycles. The maximum absolute atomic E-state index is 9.76. The van der Waals surface area contributed by atoms with Crippen LogP contribution in [0.15, 0.2) is 54.6 Å². The van der Waals surface area contributed by atoms with Gasteiger partial charge in [0.15, 0.2) is 0 Å². The molecule has 0 amide bonds. The molecule has 0 aromatic heterocycles. The van der Waals surface area contributed by atoms with Crippen LogP contribution in [0, 0.1) is 11.8 Å². The van der Waals surface area contributed by atoms with Gasteiger partial charge in [0.25, 0.3) is 0 Å². The second kappa shape index (κ2) is 5.75. The minimum absolute atomic E-state index is 0.0669. The summed E-state index contributed by atoms with van der Waals surface area (Å²) in [4.78, 5) is 2.45. The van der Waals surface area contributed by atoms with E-state index in [1.807, 2.05) is 42.5 Å². The first-order valence-corrected chi connectivity index (χ1v) is 8.00. The quantitative estimate of drug-likeness (QED) is 0.939. The Bertz CT molecular complexity index is 643. The molecule has 2 aliphatic rings. The molecule has 1 saturated heterocycles. The number of hydrogen-bond acceptors (Lipinski definition) is 3. The monoisotopic (exact) mass is 295 g/mol. The molecule has 0 spiro atoms. The van der Waals surface area contributed by atoms with Crippen molar-refractivity contribution in [1.29, 1.82) is 0 Å². The van der Waals surface area contributed by atoms with Crippen LogP contribution in [-0.2, 0) is 6.54 Å². The Hall–Kier alpha value is -1.84. The number of para-hydroxylation sites is 1. The molecule has 3 nitrogen and oxygen atoms in total. The van der Waals surface area contributed by atoms with Crippen molar-refractivity contribution in [2.75, 3.05) is 13.1 Å². The number of hydrogen-bond donors (Lipinski definition) is 1. The highest BCUT2D eigenvalue weighted by atomic mass is 16.5. The van der Waals surface area contributed by atoms with Crippen LogP contribution in [0.3, 0.4) is 0 Å². The van der Waals surface area contributed by atoms with E-state index in [1.54, 1.807) is 0 Å². The third-order valence-electron chi connectivity index (χ3n) is 4.89. The Balaban J connectivity index is 1.41. The van der Waals surface area contributed by atoms with Gasteiger partial charge in [-0.1, -0.05) is 30.3 Å². The third kappa shape index (κ3) is 2.74. The smallest absolute Gasteiger partial charge is 0.127 e. The SMILES string of the molecule is O[C@H]1C[C@@H]2CN(Cc3cccc(Oc4ccccc4)c3)C[C@@H]21. The highest BCUT2D eigenvalue weighted by Crippen LogP contribution is 2.41. The van der Waals surface area contributed by atoms with Crippen LogP contribution in [0.2, 0.25) is 0 Å². The zero-order valence-electron chi connectivity index (χ0n) is 12.6. The van der Waals surface area contributed by atoms with Crippen LogP contribution in [0.4, 0.5) is 0 Å². The molecule has 1 aliphatic carbocycles. The topological polar surface area (TPSA) is 32.7 Å². The Morgan fingerprint density at radius 3 is 2.59 bits per heavy atom. The molecule has 1 saturated carbocycles. The average molecular weight is 295 g/mol. The number of ether oxygens (including phenoxy) is 1. The zero-order valence-corrected chi connectivity index (χ0v) is 12.6.